The summed E-state index contributed by atoms with van der Waals surface area (Å²) in [5.41, 5.74) is 3.12. The summed E-state index contributed by atoms with van der Waals surface area (Å²) in [6.07, 6.45) is 8.18. The maximum Gasteiger partial charge on any atom is 0.229 e. The Morgan fingerprint density at radius 2 is 2.11 bits per heavy atom. The Morgan fingerprint density at radius 1 is 1.32 bits per heavy atom. The van der Waals surface area contributed by atoms with Gasteiger partial charge in [-0.1, -0.05) is 23.7 Å². The largest absolute Gasteiger partial charge is 0.488 e. The number of hydrogen-bond acceptors (Lipinski definition) is 10. The molecule has 0 atom stereocenters. The molecule has 0 saturated heterocycles. The second kappa shape index (κ2) is 11.5. The number of nitrogens with one attached hydrogen (secondary N) is 5. The lowest BCUT2D eigenvalue weighted by molar-refractivity contribution is 0.304. The van der Waals surface area contributed by atoms with Crippen molar-refractivity contribution in [3.63, 3.8) is 0 Å². The van der Waals surface area contributed by atoms with Crippen LogP contribution in [0.2, 0.25) is 5.02 Å². The van der Waals surface area contributed by atoms with Crippen LogP contribution in [0.4, 0.5) is 17.5 Å². The van der Waals surface area contributed by atoms with Crippen LogP contribution < -0.4 is 26.0 Å². The van der Waals surface area contributed by atoms with Crippen LogP contribution in [0.3, 0.4) is 0 Å². The molecule has 0 bridgehead atoms. The van der Waals surface area contributed by atoms with Crippen molar-refractivity contribution in [2.75, 3.05) is 30.8 Å². The van der Waals surface area contributed by atoms with E-state index < -0.39 is 20.1 Å². The Bertz CT molecular complexity index is 1340. The average molecular weight is 546 g/mol. The Balaban J connectivity index is 1.60. The van der Waals surface area contributed by atoms with Gasteiger partial charge < -0.3 is 26.0 Å². The second-order valence-corrected chi connectivity index (χ2v) is 12.0. The highest BCUT2D eigenvalue weighted by Gasteiger charge is 2.27. The van der Waals surface area contributed by atoms with Crippen molar-refractivity contribution in [2.45, 2.75) is 44.5 Å². The van der Waals surface area contributed by atoms with E-state index in [1.165, 1.54) is 31.8 Å². The number of rotatable bonds is 10. The number of benzene rings is 1. The average Bonchev–Trinajstić information content (AvgIpc) is 3.70. The first kappa shape index (κ1) is 26.9. The molecule has 12 heteroatoms. The fourth-order valence-electron chi connectivity index (χ4n) is 3.63. The van der Waals surface area contributed by atoms with Gasteiger partial charge in [-0.2, -0.15) is 4.98 Å². The van der Waals surface area contributed by atoms with Crippen molar-refractivity contribution in [3.05, 3.63) is 53.0 Å². The fraction of sp³-hybridized carbons (Fsp3) is 0.400. The highest BCUT2D eigenvalue weighted by atomic mass is 35.5. The molecule has 0 spiro atoms. The molecule has 1 aliphatic carbocycles. The molecule has 0 amide bonds. The van der Waals surface area contributed by atoms with Gasteiger partial charge in [0.15, 0.2) is 20.7 Å². The quantitative estimate of drug-likeness (QED) is 0.221. The van der Waals surface area contributed by atoms with Crippen LogP contribution >= 0.6 is 11.6 Å². The van der Waals surface area contributed by atoms with Gasteiger partial charge in [0.05, 0.1) is 28.9 Å². The van der Waals surface area contributed by atoms with Crippen molar-refractivity contribution in [2.24, 2.45) is 0 Å². The minimum Gasteiger partial charge on any atom is -0.488 e. The van der Waals surface area contributed by atoms with Gasteiger partial charge in [-0.15, -0.1) is 0 Å². The molecule has 37 heavy (non-hydrogen) atoms. The van der Waals surface area contributed by atoms with E-state index in [0.717, 1.165) is 37.9 Å². The zero-order chi connectivity index (χ0) is 26.6. The monoisotopic (exact) mass is 545 g/mol. The zero-order valence-corrected chi connectivity index (χ0v) is 22.6. The molecule has 198 valence electrons. The minimum atomic E-state index is -3.83. The maximum absolute atomic E-state index is 12.6. The van der Waals surface area contributed by atoms with Crippen molar-refractivity contribution < 1.29 is 13.2 Å². The van der Waals surface area contributed by atoms with E-state index in [9.17, 15) is 8.42 Å². The number of sulfone groups is 1. The van der Waals surface area contributed by atoms with E-state index in [1.54, 1.807) is 7.05 Å². The molecule has 2 heterocycles. The summed E-state index contributed by atoms with van der Waals surface area (Å²) in [5, 5.41) is 19.3. The van der Waals surface area contributed by atoms with E-state index in [1.807, 2.05) is 18.2 Å². The molecule has 1 fully saturated rings. The third kappa shape index (κ3) is 6.60. The van der Waals surface area contributed by atoms with E-state index in [2.05, 4.69) is 37.3 Å². The molecule has 1 aliphatic heterocycles. The van der Waals surface area contributed by atoms with E-state index in [0.29, 0.717) is 11.4 Å². The predicted octanol–water partition coefficient (Wildman–Crippen LogP) is 4.06. The first-order valence-corrected chi connectivity index (χ1v) is 14.1. The lowest BCUT2D eigenvalue weighted by Gasteiger charge is -2.18. The first-order valence-electron chi connectivity index (χ1n) is 12.2. The molecule has 1 saturated carbocycles. The SMILES string of the molecule is CN/C=C(/Nc1nc(Nc2ccc(C3=CCNCC3)cc2OC2CC2)ncc1Cl)C(=N)S(=O)(=O)C(C)C. The number of ether oxygens (including phenoxy) is 1. The van der Waals surface area contributed by atoms with Crippen LogP contribution in [0.15, 0.2) is 42.4 Å². The number of hydrogen-bond donors (Lipinski definition) is 5. The molecule has 4 rings (SSSR count). The van der Waals surface area contributed by atoms with E-state index >= 15 is 0 Å². The van der Waals surface area contributed by atoms with E-state index in [-0.39, 0.29) is 28.6 Å². The van der Waals surface area contributed by atoms with Gasteiger partial charge in [0.1, 0.15) is 10.8 Å². The number of halogens is 1. The van der Waals surface area contributed by atoms with Crippen LogP contribution in [-0.2, 0) is 9.84 Å². The van der Waals surface area contributed by atoms with Crippen molar-refractivity contribution in [1.82, 2.24) is 20.6 Å². The van der Waals surface area contributed by atoms with Gasteiger partial charge in [0.2, 0.25) is 5.95 Å². The van der Waals surface area contributed by atoms with Crippen molar-refractivity contribution in [1.29, 1.82) is 5.41 Å². The van der Waals surface area contributed by atoms with Crippen molar-refractivity contribution in [3.8, 4) is 5.75 Å². The van der Waals surface area contributed by atoms with Gasteiger partial charge in [-0.05, 0) is 62.9 Å². The Kier molecular flexibility index (Phi) is 8.35. The lowest BCUT2D eigenvalue weighted by atomic mass is 9.99. The third-order valence-corrected chi connectivity index (χ3v) is 8.22. The summed E-state index contributed by atoms with van der Waals surface area (Å²) in [7, 11) is -2.22. The Morgan fingerprint density at radius 3 is 2.76 bits per heavy atom. The summed E-state index contributed by atoms with van der Waals surface area (Å²) in [5.74, 6) is 1.11. The highest BCUT2D eigenvalue weighted by molar-refractivity contribution is 8.07. The maximum atomic E-state index is 12.6. The normalized spacial score (nSPS) is 16.2. The number of anilines is 3. The topological polar surface area (TPSA) is 141 Å². The first-order chi connectivity index (χ1) is 17.7. The van der Waals surface area contributed by atoms with Crippen LogP contribution in [0.25, 0.3) is 5.57 Å². The highest BCUT2D eigenvalue weighted by Crippen LogP contribution is 2.36. The molecule has 0 unspecified atom stereocenters. The molecule has 1 aromatic carbocycles. The van der Waals surface area contributed by atoms with Gasteiger partial charge in [0.25, 0.3) is 0 Å². The fourth-order valence-corrected chi connectivity index (χ4v) is 4.65. The summed E-state index contributed by atoms with van der Waals surface area (Å²) >= 11 is 6.32. The lowest BCUT2D eigenvalue weighted by Crippen LogP contribution is -2.28. The second-order valence-electron chi connectivity index (χ2n) is 9.12. The Hall–Kier alpha value is -3.15. The minimum absolute atomic E-state index is 0.0140. The third-order valence-electron chi connectivity index (χ3n) is 5.92. The Labute approximate surface area is 222 Å². The summed E-state index contributed by atoms with van der Waals surface area (Å²) in [6.45, 7) is 4.84. The molecule has 5 N–H and O–H groups in total. The van der Waals surface area contributed by atoms with Gasteiger partial charge >= 0.3 is 0 Å². The molecule has 2 aromatic rings. The van der Waals surface area contributed by atoms with Crippen LogP contribution in [0, 0.1) is 5.41 Å². The molecule has 0 radical (unpaired) electrons. The summed E-state index contributed by atoms with van der Waals surface area (Å²) in [4.78, 5) is 8.73. The number of nitrogens with zero attached hydrogens (tertiary/aromatic N) is 2. The van der Waals surface area contributed by atoms with Gasteiger partial charge in [-0.25, -0.2) is 13.4 Å². The van der Waals surface area contributed by atoms with Gasteiger partial charge in [-0.3, -0.25) is 5.41 Å². The van der Waals surface area contributed by atoms with Crippen LogP contribution in [-0.4, -0.2) is 54.9 Å². The van der Waals surface area contributed by atoms with E-state index in [4.69, 9.17) is 21.7 Å². The molecule has 2 aliphatic rings. The van der Waals surface area contributed by atoms with Crippen LogP contribution in [0.5, 0.6) is 5.75 Å². The van der Waals surface area contributed by atoms with Crippen LogP contribution in [0.1, 0.15) is 38.7 Å². The smallest absolute Gasteiger partial charge is 0.229 e. The molecular weight excluding hydrogens is 514 g/mol. The molecule has 1 aromatic heterocycles. The summed E-state index contributed by atoms with van der Waals surface area (Å²) < 4.78 is 31.3. The standard InChI is InChI=1S/C25H32ClN7O3S/c1-15(2)37(34,35)23(27)21(14-28-3)31-24-19(26)13-30-25(33-24)32-20-7-4-17(16-8-10-29-11-9-16)12-22(20)36-18-5-6-18/h4,7-8,12-15,18,27-29H,5-6,9-11H2,1-3H3,(H2,30,31,32,33)/b21-14+,27-23?. The summed E-state index contributed by atoms with van der Waals surface area (Å²) in [6, 6.07) is 6.02. The molecular formula is C25H32ClN7O3S. The zero-order valence-electron chi connectivity index (χ0n) is 21.1. The number of aromatic nitrogens is 2. The van der Waals surface area contributed by atoms with Crippen molar-refractivity contribution >= 4 is 49.5 Å². The predicted molar refractivity (Wildman–Crippen MR) is 148 cm³/mol. The molecule has 10 nitrogen and oxygen atoms in total. The van der Waals surface area contributed by atoms with Gasteiger partial charge in [0, 0.05) is 19.8 Å².